The molecule has 0 spiro atoms. The van der Waals surface area contributed by atoms with E-state index in [4.69, 9.17) is 11.5 Å². The summed E-state index contributed by atoms with van der Waals surface area (Å²) >= 11 is 0. The van der Waals surface area contributed by atoms with E-state index in [1.54, 1.807) is 0 Å². The van der Waals surface area contributed by atoms with Gasteiger partial charge in [0.15, 0.2) is 0 Å². The summed E-state index contributed by atoms with van der Waals surface area (Å²) < 4.78 is 0. The number of rotatable bonds is 2. The highest BCUT2D eigenvalue weighted by Gasteiger charge is 2.25. The summed E-state index contributed by atoms with van der Waals surface area (Å²) in [4.78, 5) is 0. The largest absolute Gasteiger partial charge is 0.699 e. The molecule has 0 fully saturated rings. The van der Waals surface area contributed by atoms with Crippen LogP contribution in [0, 0.1) is 0 Å². The molecule has 2 heteroatoms. The molecule has 0 aliphatic heterocycles. The highest BCUT2D eigenvalue weighted by atomic mass is 14.6. The van der Waals surface area contributed by atoms with Gasteiger partial charge in [0.2, 0.25) is 0 Å². The van der Waals surface area contributed by atoms with Crippen LogP contribution in [0.3, 0.4) is 0 Å². The Morgan fingerprint density at radius 2 is 1.62 bits per heavy atom. The summed E-state index contributed by atoms with van der Waals surface area (Å²) in [6.07, 6.45) is 1.96. The lowest BCUT2D eigenvalue weighted by atomic mass is 9.76. The third-order valence-electron chi connectivity index (χ3n) is 4.96. The minimum Gasteiger partial charge on any atom is -0.699 e. The molecule has 3 N–H and O–H groups in total. The minimum absolute atomic E-state index is 0.219. The van der Waals surface area contributed by atoms with Crippen LogP contribution in [0.1, 0.15) is 29.0 Å². The smallest absolute Gasteiger partial charge is 0.0107 e. The Morgan fingerprint density at radius 1 is 0.833 bits per heavy atom. The average Bonchev–Trinajstić information content (AvgIpc) is 2.62. The molecule has 1 aliphatic rings. The number of nitrogens with two attached hydrogens (primary N) is 1. The van der Waals surface area contributed by atoms with E-state index in [0.717, 1.165) is 18.4 Å². The molecule has 3 aromatic rings. The molecule has 0 saturated heterocycles. The van der Waals surface area contributed by atoms with Crippen LogP contribution < -0.4 is 5.73 Å². The molecular weight excluding hydrogens is 292 g/mol. The van der Waals surface area contributed by atoms with Crippen LogP contribution >= 0.6 is 0 Å². The average molecular weight is 313 g/mol. The van der Waals surface area contributed by atoms with Crippen LogP contribution in [-0.4, -0.2) is 6.04 Å². The Morgan fingerprint density at radius 3 is 2.46 bits per heavy atom. The molecule has 0 bridgehead atoms. The third-order valence-corrected chi connectivity index (χ3v) is 4.96. The lowest BCUT2D eigenvalue weighted by Crippen LogP contribution is -2.30. The van der Waals surface area contributed by atoms with Crippen molar-refractivity contribution in [3.8, 4) is 11.1 Å². The number of hydrogen-bond donors (Lipinski definition) is 1. The maximum atomic E-state index is 7.65. The topological polar surface area (TPSA) is 49.8 Å². The maximum absolute atomic E-state index is 7.65. The van der Waals surface area contributed by atoms with Gasteiger partial charge in [-0.05, 0) is 40.7 Å². The quantitative estimate of drug-likeness (QED) is 0.672. The van der Waals surface area contributed by atoms with Gasteiger partial charge in [-0.1, -0.05) is 72.8 Å². The molecule has 0 saturated carbocycles. The standard InChI is InChI=1S/C22H21N2/c23-19-10-8-15(9-11-19)16-5-3-6-17(12-16)22-14-20(24)13-18-4-1-2-7-21(18)22/h1-12,20,22-23H,13-14,24H2/q-1/t20-,22-/m0/s1. The predicted octanol–water partition coefficient (Wildman–Crippen LogP) is 5.44. The van der Waals surface area contributed by atoms with Crippen LogP contribution in [0.15, 0.2) is 72.8 Å². The van der Waals surface area contributed by atoms with Gasteiger partial charge < -0.3 is 11.5 Å². The maximum Gasteiger partial charge on any atom is 0.0107 e. The summed E-state index contributed by atoms with van der Waals surface area (Å²) in [5.74, 6) is 0.361. The Hall–Kier alpha value is -2.58. The van der Waals surface area contributed by atoms with E-state index in [1.807, 2.05) is 24.3 Å². The van der Waals surface area contributed by atoms with Crippen molar-refractivity contribution in [3.63, 3.8) is 0 Å². The van der Waals surface area contributed by atoms with Crippen molar-refractivity contribution in [2.75, 3.05) is 0 Å². The molecule has 1 aliphatic carbocycles. The zero-order valence-electron chi connectivity index (χ0n) is 13.6. The van der Waals surface area contributed by atoms with Crippen molar-refractivity contribution in [3.05, 3.63) is 95.2 Å². The number of hydrogen-bond acceptors (Lipinski definition) is 1. The van der Waals surface area contributed by atoms with Gasteiger partial charge in [0.25, 0.3) is 0 Å². The second kappa shape index (κ2) is 6.14. The zero-order chi connectivity index (χ0) is 16.5. The molecule has 0 radical (unpaired) electrons. The van der Waals surface area contributed by atoms with E-state index in [2.05, 4.69) is 48.5 Å². The predicted molar refractivity (Wildman–Crippen MR) is 100 cm³/mol. The van der Waals surface area contributed by atoms with Gasteiger partial charge in [-0.15, -0.1) is 5.69 Å². The summed E-state index contributed by atoms with van der Waals surface area (Å²) in [5.41, 5.74) is 21.0. The lowest BCUT2D eigenvalue weighted by Gasteiger charge is -2.30. The molecule has 0 unspecified atom stereocenters. The van der Waals surface area contributed by atoms with Crippen molar-refractivity contribution in [1.82, 2.24) is 0 Å². The first-order valence-electron chi connectivity index (χ1n) is 8.46. The fourth-order valence-corrected chi connectivity index (χ4v) is 3.77. The van der Waals surface area contributed by atoms with Gasteiger partial charge in [0.05, 0.1) is 0 Å². The van der Waals surface area contributed by atoms with Crippen molar-refractivity contribution < 1.29 is 0 Å². The van der Waals surface area contributed by atoms with Gasteiger partial charge in [0, 0.05) is 12.0 Å². The SMILES string of the molecule is [NH-]c1ccc(-c2cccc([C@@H]3C[C@@H](N)Cc4ccccc43)c2)cc1. The van der Waals surface area contributed by atoms with Gasteiger partial charge in [-0.2, -0.15) is 0 Å². The van der Waals surface area contributed by atoms with E-state index in [1.165, 1.54) is 22.3 Å². The highest BCUT2D eigenvalue weighted by Crippen LogP contribution is 2.37. The van der Waals surface area contributed by atoms with E-state index < -0.39 is 0 Å². The van der Waals surface area contributed by atoms with Gasteiger partial charge in [0.1, 0.15) is 0 Å². The fraction of sp³-hybridized carbons (Fsp3) is 0.182. The van der Waals surface area contributed by atoms with Crippen LogP contribution in [0.4, 0.5) is 5.69 Å². The highest BCUT2D eigenvalue weighted by molar-refractivity contribution is 5.67. The minimum atomic E-state index is 0.219. The van der Waals surface area contributed by atoms with Crippen LogP contribution in [0.25, 0.3) is 16.9 Å². The second-order valence-electron chi connectivity index (χ2n) is 6.65. The van der Waals surface area contributed by atoms with E-state index >= 15 is 0 Å². The molecule has 0 aromatic heterocycles. The molecule has 4 rings (SSSR count). The monoisotopic (exact) mass is 313 g/mol. The number of benzene rings is 3. The van der Waals surface area contributed by atoms with Crippen LogP contribution in [0.2, 0.25) is 0 Å². The first kappa shape index (κ1) is 15.0. The molecule has 2 nitrogen and oxygen atoms in total. The third kappa shape index (κ3) is 2.81. The van der Waals surface area contributed by atoms with Crippen molar-refractivity contribution in [1.29, 1.82) is 0 Å². The van der Waals surface area contributed by atoms with E-state index in [-0.39, 0.29) is 6.04 Å². The van der Waals surface area contributed by atoms with Gasteiger partial charge in [-0.3, -0.25) is 0 Å². The van der Waals surface area contributed by atoms with Crippen molar-refractivity contribution in [2.45, 2.75) is 24.8 Å². The van der Waals surface area contributed by atoms with E-state index in [0.29, 0.717) is 11.6 Å². The first-order valence-corrected chi connectivity index (χ1v) is 8.46. The Labute approximate surface area is 143 Å². The van der Waals surface area contributed by atoms with Crippen molar-refractivity contribution in [2.24, 2.45) is 5.73 Å². The normalized spacial score (nSPS) is 19.7. The first-order chi connectivity index (χ1) is 11.7. The molecule has 120 valence electrons. The molecule has 2 atom stereocenters. The Balaban J connectivity index is 1.75. The molecular formula is C22H21N2-. The van der Waals surface area contributed by atoms with Crippen LogP contribution in [-0.2, 0) is 6.42 Å². The molecule has 24 heavy (non-hydrogen) atoms. The summed E-state index contributed by atoms with van der Waals surface area (Å²) in [5, 5.41) is 0. The molecule has 0 amide bonds. The number of fused-ring (bicyclic) bond motifs is 1. The Kier molecular flexibility index (Phi) is 3.83. The van der Waals surface area contributed by atoms with Crippen molar-refractivity contribution >= 4 is 5.69 Å². The summed E-state index contributed by atoms with van der Waals surface area (Å²) in [6, 6.07) is 25.4. The molecule has 3 aromatic carbocycles. The summed E-state index contributed by atoms with van der Waals surface area (Å²) in [6.45, 7) is 0. The fourth-order valence-electron chi connectivity index (χ4n) is 3.77. The van der Waals surface area contributed by atoms with Crippen LogP contribution in [0.5, 0.6) is 0 Å². The van der Waals surface area contributed by atoms with E-state index in [9.17, 15) is 0 Å². The second-order valence-corrected chi connectivity index (χ2v) is 6.65. The Bertz CT molecular complexity index is 852. The zero-order valence-corrected chi connectivity index (χ0v) is 13.6. The lowest BCUT2D eigenvalue weighted by molar-refractivity contribution is 0.531. The molecule has 0 heterocycles. The van der Waals surface area contributed by atoms with Gasteiger partial charge in [-0.25, -0.2) is 0 Å². The number of nitrogens with one attached hydrogen (secondary N) is 1. The summed E-state index contributed by atoms with van der Waals surface area (Å²) in [7, 11) is 0. The van der Waals surface area contributed by atoms with Gasteiger partial charge >= 0.3 is 0 Å².